The predicted molar refractivity (Wildman–Crippen MR) is 99.1 cm³/mol. The number of ether oxygens (including phenoxy) is 3. The van der Waals surface area contributed by atoms with Gasteiger partial charge in [-0.05, 0) is 25.1 Å². The van der Waals surface area contributed by atoms with Crippen LogP contribution in [-0.2, 0) is 4.74 Å². The molecule has 0 radical (unpaired) electrons. The highest BCUT2D eigenvalue weighted by atomic mass is 32.2. The number of halogens is 1. The van der Waals surface area contributed by atoms with Crippen molar-refractivity contribution in [3.8, 4) is 11.5 Å². The fraction of sp³-hybridized carbons (Fsp3) is 0.211. The molecule has 0 atom stereocenters. The molecule has 1 heterocycles. The number of hydrogen-bond acceptors (Lipinski definition) is 7. The Kier molecular flexibility index (Phi) is 5.75. The molecule has 0 saturated heterocycles. The molecule has 2 aromatic carbocycles. The van der Waals surface area contributed by atoms with Crippen molar-refractivity contribution in [1.29, 1.82) is 0 Å². The van der Waals surface area contributed by atoms with Crippen LogP contribution in [-0.4, -0.2) is 36.8 Å². The van der Waals surface area contributed by atoms with Gasteiger partial charge in [0.15, 0.2) is 11.6 Å². The van der Waals surface area contributed by atoms with Crippen LogP contribution in [0.3, 0.4) is 0 Å². The average Bonchev–Trinajstić information content (AvgIpc) is 2.69. The first-order chi connectivity index (χ1) is 13.1. The number of benzene rings is 2. The summed E-state index contributed by atoms with van der Waals surface area (Å²) in [6, 6.07) is 8.82. The Morgan fingerprint density at radius 2 is 1.93 bits per heavy atom. The largest absolute Gasteiger partial charge is 0.496 e. The summed E-state index contributed by atoms with van der Waals surface area (Å²) in [6.07, 6.45) is 1.56. The van der Waals surface area contributed by atoms with Crippen LogP contribution in [0, 0.1) is 5.82 Å². The number of aromatic nitrogens is 2. The van der Waals surface area contributed by atoms with Crippen molar-refractivity contribution in [3.63, 3.8) is 0 Å². The Balaban J connectivity index is 2.05. The van der Waals surface area contributed by atoms with Gasteiger partial charge in [0.25, 0.3) is 0 Å². The first-order valence-electron chi connectivity index (χ1n) is 8.10. The molecular weight excluding hydrogens is 371 g/mol. The molecule has 0 fully saturated rings. The SMILES string of the molecule is CCOC(=O)c1c(OC)cc(Sc2cnc3ccccc3n2)c(F)c1OC. The van der Waals surface area contributed by atoms with E-state index in [0.29, 0.717) is 10.5 Å². The van der Waals surface area contributed by atoms with Gasteiger partial charge in [-0.15, -0.1) is 0 Å². The molecule has 0 aliphatic heterocycles. The number of esters is 1. The molecule has 0 saturated carbocycles. The van der Waals surface area contributed by atoms with Crippen molar-refractivity contribution in [2.45, 2.75) is 16.8 Å². The average molecular weight is 388 g/mol. The Labute approximate surface area is 159 Å². The fourth-order valence-corrected chi connectivity index (χ4v) is 3.34. The molecule has 3 aromatic rings. The van der Waals surface area contributed by atoms with Crippen molar-refractivity contribution >= 4 is 28.8 Å². The topological polar surface area (TPSA) is 70.5 Å². The highest BCUT2D eigenvalue weighted by Gasteiger charge is 2.26. The van der Waals surface area contributed by atoms with Gasteiger partial charge in [-0.3, -0.25) is 4.98 Å². The smallest absolute Gasteiger partial charge is 0.345 e. The van der Waals surface area contributed by atoms with Gasteiger partial charge in [0, 0.05) is 0 Å². The number of hydrogen-bond donors (Lipinski definition) is 0. The van der Waals surface area contributed by atoms with E-state index in [-0.39, 0.29) is 28.6 Å². The molecule has 140 valence electrons. The van der Waals surface area contributed by atoms with Crippen molar-refractivity contribution in [3.05, 3.63) is 47.9 Å². The van der Waals surface area contributed by atoms with Crippen LogP contribution in [0.5, 0.6) is 11.5 Å². The van der Waals surface area contributed by atoms with E-state index >= 15 is 0 Å². The van der Waals surface area contributed by atoms with E-state index in [1.54, 1.807) is 13.1 Å². The number of para-hydroxylation sites is 2. The molecule has 0 spiro atoms. The van der Waals surface area contributed by atoms with E-state index in [4.69, 9.17) is 14.2 Å². The van der Waals surface area contributed by atoms with Crippen molar-refractivity contribution in [1.82, 2.24) is 9.97 Å². The van der Waals surface area contributed by atoms with Gasteiger partial charge >= 0.3 is 5.97 Å². The molecule has 1 aromatic heterocycles. The molecule has 8 heteroatoms. The fourth-order valence-electron chi connectivity index (χ4n) is 2.51. The van der Waals surface area contributed by atoms with Crippen LogP contribution >= 0.6 is 11.8 Å². The lowest BCUT2D eigenvalue weighted by Gasteiger charge is -2.15. The first-order valence-corrected chi connectivity index (χ1v) is 8.91. The minimum Gasteiger partial charge on any atom is -0.496 e. The van der Waals surface area contributed by atoms with Gasteiger partial charge in [-0.1, -0.05) is 23.9 Å². The third-order valence-electron chi connectivity index (χ3n) is 3.70. The molecule has 0 aliphatic rings. The maximum Gasteiger partial charge on any atom is 0.345 e. The zero-order valence-electron chi connectivity index (χ0n) is 15.0. The summed E-state index contributed by atoms with van der Waals surface area (Å²) in [6.45, 7) is 1.81. The van der Waals surface area contributed by atoms with Gasteiger partial charge < -0.3 is 14.2 Å². The standard InChI is InChI=1S/C19H17FN2O4S/c1-4-26-19(23)16-13(24-2)9-14(17(20)18(16)25-3)27-15-10-21-11-7-5-6-8-12(11)22-15/h5-10H,4H2,1-3H3. The molecule has 0 N–H and O–H groups in total. The Morgan fingerprint density at radius 1 is 1.19 bits per heavy atom. The second-order valence-corrected chi connectivity index (χ2v) is 6.38. The summed E-state index contributed by atoms with van der Waals surface area (Å²) in [5, 5.41) is 0.501. The minimum absolute atomic E-state index is 0.0895. The quantitative estimate of drug-likeness (QED) is 0.589. The Bertz CT molecular complexity index is 997. The molecule has 0 bridgehead atoms. The summed E-state index contributed by atoms with van der Waals surface area (Å²) >= 11 is 1.06. The molecular formula is C19H17FN2O4S. The van der Waals surface area contributed by atoms with E-state index < -0.39 is 11.8 Å². The van der Waals surface area contributed by atoms with Crippen molar-refractivity contribution < 1.29 is 23.4 Å². The molecule has 3 rings (SSSR count). The summed E-state index contributed by atoms with van der Waals surface area (Å²) in [4.78, 5) is 21.2. The second kappa shape index (κ2) is 8.22. The van der Waals surface area contributed by atoms with E-state index in [2.05, 4.69) is 9.97 Å². The number of rotatable bonds is 6. The molecule has 0 amide bonds. The van der Waals surface area contributed by atoms with Crippen molar-refractivity contribution in [2.24, 2.45) is 0 Å². The van der Waals surface area contributed by atoms with Crippen molar-refractivity contribution in [2.75, 3.05) is 20.8 Å². The molecule has 0 unspecified atom stereocenters. The highest BCUT2D eigenvalue weighted by Crippen LogP contribution is 2.40. The summed E-state index contributed by atoms with van der Waals surface area (Å²) in [7, 11) is 2.67. The molecule has 6 nitrogen and oxygen atoms in total. The van der Waals surface area contributed by atoms with Gasteiger partial charge in [-0.2, -0.15) is 0 Å². The zero-order chi connectivity index (χ0) is 19.4. The van der Waals surface area contributed by atoms with Crippen LogP contribution in [0.4, 0.5) is 4.39 Å². The molecule has 27 heavy (non-hydrogen) atoms. The zero-order valence-corrected chi connectivity index (χ0v) is 15.8. The van der Waals surface area contributed by atoms with E-state index in [1.165, 1.54) is 20.3 Å². The lowest BCUT2D eigenvalue weighted by Crippen LogP contribution is -2.10. The van der Waals surface area contributed by atoms with Gasteiger partial charge in [0.2, 0.25) is 0 Å². The predicted octanol–water partition coefficient (Wildman–Crippen LogP) is 4.11. The van der Waals surface area contributed by atoms with E-state index in [0.717, 1.165) is 17.3 Å². The third kappa shape index (κ3) is 3.80. The van der Waals surface area contributed by atoms with Gasteiger partial charge in [0.1, 0.15) is 16.3 Å². The lowest BCUT2D eigenvalue weighted by atomic mass is 10.1. The third-order valence-corrected chi connectivity index (χ3v) is 4.62. The maximum absolute atomic E-state index is 15.0. The molecule has 0 aliphatic carbocycles. The summed E-state index contributed by atoms with van der Waals surface area (Å²) < 4.78 is 30.4. The van der Waals surface area contributed by atoms with Crippen LogP contribution in [0.15, 0.2) is 46.5 Å². The highest BCUT2D eigenvalue weighted by molar-refractivity contribution is 7.99. The van der Waals surface area contributed by atoms with Crippen LogP contribution in [0.2, 0.25) is 0 Å². The monoisotopic (exact) mass is 388 g/mol. The van der Waals surface area contributed by atoms with E-state index in [9.17, 15) is 9.18 Å². The Morgan fingerprint density at radius 3 is 2.59 bits per heavy atom. The number of methoxy groups -OCH3 is 2. The minimum atomic E-state index is -0.716. The normalized spacial score (nSPS) is 10.7. The number of fused-ring (bicyclic) bond motifs is 1. The second-order valence-electron chi connectivity index (χ2n) is 5.32. The number of nitrogens with zero attached hydrogens (tertiary/aromatic N) is 2. The maximum atomic E-state index is 15.0. The van der Waals surface area contributed by atoms with E-state index in [1.807, 2.05) is 24.3 Å². The summed E-state index contributed by atoms with van der Waals surface area (Å²) in [5.74, 6) is -1.49. The lowest BCUT2D eigenvalue weighted by molar-refractivity contribution is 0.0517. The van der Waals surface area contributed by atoms with Gasteiger partial charge in [-0.25, -0.2) is 14.2 Å². The van der Waals surface area contributed by atoms with Crippen LogP contribution in [0.1, 0.15) is 17.3 Å². The number of carbonyl (C=O) groups excluding carboxylic acids is 1. The first kappa shape index (κ1) is 18.9. The van der Waals surface area contributed by atoms with Gasteiger partial charge in [0.05, 0.1) is 43.0 Å². The Hall–Kier alpha value is -2.87. The van der Waals surface area contributed by atoms with Crippen LogP contribution < -0.4 is 9.47 Å². The number of carbonyl (C=O) groups is 1. The summed E-state index contributed by atoms with van der Waals surface area (Å²) in [5.41, 5.74) is 1.36. The van der Waals surface area contributed by atoms with Crippen LogP contribution in [0.25, 0.3) is 11.0 Å².